The molecule has 0 spiro atoms. The number of hydrogen-bond acceptors (Lipinski definition) is 4. The van der Waals surface area contributed by atoms with Crippen LogP contribution in [0.5, 0.6) is 0 Å². The Hall–Kier alpha value is -1.37. The summed E-state index contributed by atoms with van der Waals surface area (Å²) in [5, 5.41) is 5.47. The summed E-state index contributed by atoms with van der Waals surface area (Å²) < 4.78 is 26.2. The first-order valence-corrected chi connectivity index (χ1v) is 9.20. The summed E-state index contributed by atoms with van der Waals surface area (Å²) in [4.78, 5) is 1.58. The van der Waals surface area contributed by atoms with Gasteiger partial charge in [0.1, 0.15) is 0 Å². The molecule has 0 aliphatic rings. The molecule has 0 bridgehead atoms. The van der Waals surface area contributed by atoms with E-state index in [1.807, 2.05) is 0 Å². The van der Waals surface area contributed by atoms with E-state index in [-0.39, 0.29) is 10.9 Å². The Labute approximate surface area is 130 Å². The fourth-order valence-electron chi connectivity index (χ4n) is 2.15. The molecule has 0 aliphatic heterocycles. The lowest BCUT2D eigenvalue weighted by molar-refractivity contribution is 0.584. The zero-order valence-corrected chi connectivity index (χ0v) is 14.0. The van der Waals surface area contributed by atoms with Crippen molar-refractivity contribution in [2.75, 3.05) is 11.9 Å². The molecule has 114 valence electrons. The first-order chi connectivity index (χ1) is 9.94. The molecule has 4 nitrogen and oxygen atoms in total. The van der Waals surface area contributed by atoms with E-state index in [4.69, 9.17) is 0 Å². The Kier molecular flexibility index (Phi) is 5.03. The third kappa shape index (κ3) is 3.84. The lowest BCUT2D eigenvalue weighted by atomic mass is 10.2. The number of hydrogen-bond donors (Lipinski definition) is 2. The van der Waals surface area contributed by atoms with Crippen molar-refractivity contribution in [3.05, 3.63) is 46.2 Å². The van der Waals surface area contributed by atoms with E-state index in [2.05, 4.69) is 35.3 Å². The standard InChI is InChI=1S/C15H20N2O2S2/c1-4-16-21(18,19)14-7-5-13(6-8-14)17-12(3)15-11(2)9-10-20-15/h5-10,12,16-17H,4H2,1-3H3. The van der Waals surface area contributed by atoms with E-state index in [1.165, 1.54) is 10.4 Å². The second kappa shape index (κ2) is 6.60. The highest BCUT2D eigenvalue weighted by atomic mass is 32.2. The van der Waals surface area contributed by atoms with Gasteiger partial charge in [-0.05, 0) is 55.1 Å². The molecule has 0 aliphatic carbocycles. The quantitative estimate of drug-likeness (QED) is 0.854. The van der Waals surface area contributed by atoms with Gasteiger partial charge in [0.25, 0.3) is 0 Å². The summed E-state index contributed by atoms with van der Waals surface area (Å²) in [6, 6.07) is 9.13. The third-order valence-electron chi connectivity index (χ3n) is 3.18. The summed E-state index contributed by atoms with van der Waals surface area (Å²) in [6.07, 6.45) is 0. The second-order valence-corrected chi connectivity index (χ2v) is 7.57. The molecular weight excluding hydrogens is 304 g/mol. The fraction of sp³-hybridized carbons (Fsp3) is 0.333. The van der Waals surface area contributed by atoms with Gasteiger partial charge in [-0.25, -0.2) is 13.1 Å². The van der Waals surface area contributed by atoms with Crippen molar-refractivity contribution < 1.29 is 8.42 Å². The van der Waals surface area contributed by atoms with Gasteiger partial charge < -0.3 is 5.32 Å². The van der Waals surface area contributed by atoms with Crippen molar-refractivity contribution in [1.29, 1.82) is 0 Å². The van der Waals surface area contributed by atoms with Crippen molar-refractivity contribution in [3.63, 3.8) is 0 Å². The Balaban J connectivity index is 2.11. The van der Waals surface area contributed by atoms with Crippen LogP contribution in [-0.4, -0.2) is 15.0 Å². The highest BCUT2D eigenvalue weighted by molar-refractivity contribution is 7.89. The van der Waals surface area contributed by atoms with Crippen molar-refractivity contribution >= 4 is 27.0 Å². The Morgan fingerprint density at radius 2 is 1.86 bits per heavy atom. The summed E-state index contributed by atoms with van der Waals surface area (Å²) in [5.74, 6) is 0. The van der Waals surface area contributed by atoms with Gasteiger partial charge in [-0.1, -0.05) is 6.92 Å². The monoisotopic (exact) mass is 324 g/mol. The van der Waals surface area contributed by atoms with E-state index >= 15 is 0 Å². The Bertz CT molecular complexity index is 691. The maximum atomic E-state index is 11.9. The molecule has 1 unspecified atom stereocenters. The molecular formula is C15H20N2O2S2. The molecule has 1 atom stereocenters. The Morgan fingerprint density at radius 1 is 1.19 bits per heavy atom. The molecule has 2 aromatic rings. The lowest BCUT2D eigenvalue weighted by Crippen LogP contribution is -2.23. The average Bonchev–Trinajstić information content (AvgIpc) is 2.85. The van der Waals surface area contributed by atoms with Crippen LogP contribution in [0.1, 0.15) is 30.3 Å². The van der Waals surface area contributed by atoms with Crippen LogP contribution < -0.4 is 10.0 Å². The number of sulfonamides is 1. The van der Waals surface area contributed by atoms with Crippen LogP contribution in [0.2, 0.25) is 0 Å². The van der Waals surface area contributed by atoms with Gasteiger partial charge in [0, 0.05) is 17.1 Å². The minimum absolute atomic E-state index is 0.196. The number of nitrogens with one attached hydrogen (secondary N) is 2. The molecule has 1 aromatic carbocycles. The molecule has 1 aromatic heterocycles. The third-order valence-corrected chi connectivity index (χ3v) is 5.94. The van der Waals surface area contributed by atoms with Crippen LogP contribution in [0.25, 0.3) is 0 Å². The molecule has 2 rings (SSSR count). The van der Waals surface area contributed by atoms with Gasteiger partial charge in [-0.3, -0.25) is 0 Å². The minimum Gasteiger partial charge on any atom is -0.378 e. The highest BCUT2D eigenvalue weighted by Gasteiger charge is 2.13. The number of rotatable bonds is 6. The van der Waals surface area contributed by atoms with Crippen LogP contribution in [0, 0.1) is 6.92 Å². The smallest absolute Gasteiger partial charge is 0.240 e. The maximum Gasteiger partial charge on any atom is 0.240 e. The average molecular weight is 324 g/mol. The SMILES string of the molecule is CCNS(=O)(=O)c1ccc(NC(C)c2sccc2C)cc1. The molecule has 0 fully saturated rings. The molecule has 0 amide bonds. The van der Waals surface area contributed by atoms with Crippen LogP contribution in [-0.2, 0) is 10.0 Å². The Morgan fingerprint density at radius 3 is 2.38 bits per heavy atom. The summed E-state index contributed by atoms with van der Waals surface area (Å²) >= 11 is 1.72. The number of benzene rings is 1. The number of thiophene rings is 1. The van der Waals surface area contributed by atoms with E-state index in [0.717, 1.165) is 5.69 Å². The van der Waals surface area contributed by atoms with Crippen molar-refractivity contribution in [1.82, 2.24) is 4.72 Å². The van der Waals surface area contributed by atoms with E-state index in [9.17, 15) is 8.42 Å². The summed E-state index contributed by atoms with van der Waals surface area (Å²) in [7, 11) is -3.38. The zero-order valence-electron chi connectivity index (χ0n) is 12.4. The van der Waals surface area contributed by atoms with Gasteiger partial charge >= 0.3 is 0 Å². The van der Waals surface area contributed by atoms with Crippen molar-refractivity contribution in [2.24, 2.45) is 0 Å². The maximum absolute atomic E-state index is 11.9. The van der Waals surface area contributed by atoms with Crippen molar-refractivity contribution in [2.45, 2.75) is 31.7 Å². The van der Waals surface area contributed by atoms with Gasteiger partial charge in [0.15, 0.2) is 0 Å². The van der Waals surface area contributed by atoms with Crippen LogP contribution in [0.3, 0.4) is 0 Å². The van der Waals surface area contributed by atoms with Gasteiger partial charge in [0.05, 0.1) is 10.9 Å². The number of anilines is 1. The summed E-state index contributed by atoms with van der Waals surface area (Å²) in [5.41, 5.74) is 2.18. The molecule has 21 heavy (non-hydrogen) atoms. The fourth-order valence-corrected chi connectivity index (χ4v) is 4.12. The molecule has 0 radical (unpaired) electrons. The van der Waals surface area contributed by atoms with Crippen LogP contribution in [0.15, 0.2) is 40.6 Å². The highest BCUT2D eigenvalue weighted by Crippen LogP contribution is 2.27. The topological polar surface area (TPSA) is 58.2 Å². The first-order valence-electron chi connectivity index (χ1n) is 6.84. The first kappa shape index (κ1) is 16.0. The van der Waals surface area contributed by atoms with Gasteiger partial charge in [-0.2, -0.15) is 0 Å². The number of aryl methyl sites for hydroxylation is 1. The minimum atomic E-state index is -3.38. The van der Waals surface area contributed by atoms with Crippen molar-refractivity contribution in [3.8, 4) is 0 Å². The van der Waals surface area contributed by atoms with Gasteiger partial charge in [-0.15, -0.1) is 11.3 Å². The van der Waals surface area contributed by atoms with Crippen LogP contribution >= 0.6 is 11.3 Å². The predicted molar refractivity (Wildman–Crippen MR) is 88.4 cm³/mol. The van der Waals surface area contributed by atoms with E-state index in [1.54, 1.807) is 42.5 Å². The lowest BCUT2D eigenvalue weighted by Gasteiger charge is -2.15. The second-order valence-electron chi connectivity index (χ2n) is 4.86. The molecule has 1 heterocycles. The molecule has 2 N–H and O–H groups in total. The summed E-state index contributed by atoms with van der Waals surface area (Å²) in [6.45, 7) is 6.34. The van der Waals surface area contributed by atoms with E-state index < -0.39 is 10.0 Å². The zero-order chi connectivity index (χ0) is 15.5. The predicted octanol–water partition coefficient (Wildman–Crippen LogP) is 3.53. The molecule has 0 saturated heterocycles. The van der Waals surface area contributed by atoms with E-state index in [0.29, 0.717) is 6.54 Å². The van der Waals surface area contributed by atoms with Crippen LogP contribution in [0.4, 0.5) is 5.69 Å². The normalized spacial score (nSPS) is 13.1. The molecule has 6 heteroatoms. The van der Waals surface area contributed by atoms with Gasteiger partial charge in [0.2, 0.25) is 10.0 Å². The molecule has 0 saturated carbocycles. The largest absolute Gasteiger partial charge is 0.378 e.